The minimum absolute atomic E-state index is 0.121. The van der Waals surface area contributed by atoms with Gasteiger partial charge in [-0.05, 0) is 50.6 Å². The maximum absolute atomic E-state index is 13.0. The van der Waals surface area contributed by atoms with Gasteiger partial charge in [-0.1, -0.05) is 36.4 Å². The molecule has 2 heterocycles. The molecule has 0 fully saturated rings. The predicted octanol–water partition coefficient (Wildman–Crippen LogP) is 5.09. The van der Waals surface area contributed by atoms with E-state index in [0.29, 0.717) is 17.0 Å². The van der Waals surface area contributed by atoms with Crippen molar-refractivity contribution in [1.29, 1.82) is 0 Å². The highest BCUT2D eigenvalue weighted by atomic mass is 32.2. The summed E-state index contributed by atoms with van der Waals surface area (Å²) in [5, 5.41) is 2.09. The van der Waals surface area contributed by atoms with Gasteiger partial charge < -0.3 is 4.98 Å². The van der Waals surface area contributed by atoms with Crippen LogP contribution >= 0.6 is 23.1 Å². The molecule has 4 rings (SSSR count). The molecule has 164 valence electrons. The molecule has 0 aliphatic rings. The molecule has 0 radical (unpaired) electrons. The molecule has 2 aromatic carbocycles. The third kappa shape index (κ3) is 4.71. The van der Waals surface area contributed by atoms with Crippen LogP contribution in [0.5, 0.6) is 0 Å². The van der Waals surface area contributed by atoms with E-state index in [1.54, 1.807) is 5.01 Å². The van der Waals surface area contributed by atoms with Gasteiger partial charge in [0.1, 0.15) is 10.7 Å². The van der Waals surface area contributed by atoms with Crippen LogP contribution in [0, 0.1) is 13.8 Å². The molecular formula is C24H24N4O2S2. The summed E-state index contributed by atoms with van der Waals surface area (Å²) in [5.41, 5.74) is 5.61. The number of amides is 1. The third-order valence-electron chi connectivity index (χ3n) is 5.18. The Balaban J connectivity index is 1.47. The largest absolute Gasteiger partial charge is 0.309 e. The number of aromatic amines is 1. The van der Waals surface area contributed by atoms with E-state index in [-0.39, 0.29) is 16.7 Å². The zero-order valence-electron chi connectivity index (χ0n) is 18.1. The minimum atomic E-state index is -0.349. The van der Waals surface area contributed by atoms with Gasteiger partial charge in [0.15, 0.2) is 0 Å². The number of nitrogens with one attached hydrogen (secondary N) is 2. The summed E-state index contributed by atoms with van der Waals surface area (Å²) < 4.78 is 0. The van der Waals surface area contributed by atoms with Crippen molar-refractivity contribution in [2.24, 2.45) is 0 Å². The number of carbonyl (C=O) groups excluding carboxylic acids is 1. The van der Waals surface area contributed by atoms with Crippen molar-refractivity contribution in [1.82, 2.24) is 15.4 Å². The Morgan fingerprint density at radius 1 is 1.09 bits per heavy atom. The highest BCUT2D eigenvalue weighted by Crippen LogP contribution is 2.27. The number of thiophene rings is 1. The van der Waals surface area contributed by atoms with E-state index in [9.17, 15) is 9.59 Å². The quantitative estimate of drug-likeness (QED) is 0.373. The molecule has 2 aromatic heterocycles. The zero-order chi connectivity index (χ0) is 22.7. The Hall–Kier alpha value is -3.10. The second kappa shape index (κ2) is 9.58. The van der Waals surface area contributed by atoms with Crippen molar-refractivity contribution >= 4 is 50.6 Å². The number of thioether (sulfide) groups is 1. The Kier molecular flexibility index (Phi) is 6.62. The van der Waals surface area contributed by atoms with Gasteiger partial charge in [-0.3, -0.25) is 20.0 Å². The van der Waals surface area contributed by atoms with Gasteiger partial charge in [0.2, 0.25) is 0 Å². The topological polar surface area (TPSA) is 78.1 Å². The summed E-state index contributed by atoms with van der Waals surface area (Å²) in [4.78, 5) is 34.8. The van der Waals surface area contributed by atoms with Gasteiger partial charge in [-0.15, -0.1) is 23.1 Å². The van der Waals surface area contributed by atoms with Crippen LogP contribution in [0.25, 0.3) is 10.2 Å². The smallest absolute Gasteiger partial charge is 0.259 e. The van der Waals surface area contributed by atoms with E-state index in [1.165, 1.54) is 23.1 Å². The van der Waals surface area contributed by atoms with Gasteiger partial charge in [-0.25, -0.2) is 4.98 Å². The van der Waals surface area contributed by atoms with Crippen molar-refractivity contribution in [2.75, 3.05) is 5.01 Å². The predicted molar refractivity (Wildman–Crippen MR) is 134 cm³/mol. The van der Waals surface area contributed by atoms with E-state index in [1.807, 2.05) is 81.4 Å². The molecule has 1 unspecified atom stereocenters. The van der Waals surface area contributed by atoms with Crippen molar-refractivity contribution in [2.45, 2.75) is 31.8 Å². The van der Waals surface area contributed by atoms with Crippen LogP contribution in [0.2, 0.25) is 0 Å². The number of hydrazine groups is 1. The molecule has 0 spiro atoms. The van der Waals surface area contributed by atoms with Crippen LogP contribution in [0.4, 0.5) is 11.4 Å². The molecule has 8 heteroatoms. The van der Waals surface area contributed by atoms with Crippen molar-refractivity contribution in [3.8, 4) is 0 Å². The molecule has 32 heavy (non-hydrogen) atoms. The molecule has 0 bridgehead atoms. The van der Waals surface area contributed by atoms with Crippen LogP contribution in [0.1, 0.15) is 23.2 Å². The third-order valence-corrected chi connectivity index (χ3v) is 7.43. The van der Waals surface area contributed by atoms with Crippen LogP contribution in [-0.4, -0.2) is 21.1 Å². The summed E-state index contributed by atoms with van der Waals surface area (Å²) in [7, 11) is 0. The van der Waals surface area contributed by atoms with Crippen molar-refractivity contribution in [3.05, 3.63) is 87.3 Å². The molecule has 0 saturated carbocycles. The van der Waals surface area contributed by atoms with Gasteiger partial charge >= 0.3 is 0 Å². The van der Waals surface area contributed by atoms with E-state index in [4.69, 9.17) is 0 Å². The van der Waals surface area contributed by atoms with Gasteiger partial charge in [0.25, 0.3) is 11.5 Å². The summed E-state index contributed by atoms with van der Waals surface area (Å²) in [6.45, 7) is 5.79. The number of hydrogen-bond acceptors (Lipinski definition) is 6. The number of anilines is 2. The van der Waals surface area contributed by atoms with Crippen LogP contribution < -0.4 is 16.0 Å². The van der Waals surface area contributed by atoms with Crippen molar-refractivity contribution in [3.63, 3.8) is 0 Å². The number of aromatic nitrogens is 2. The lowest BCUT2D eigenvalue weighted by Gasteiger charge is -2.26. The van der Waals surface area contributed by atoms with Gasteiger partial charge in [0, 0.05) is 4.88 Å². The highest BCUT2D eigenvalue weighted by Gasteiger charge is 2.19. The number of fused-ring (bicyclic) bond motifs is 1. The minimum Gasteiger partial charge on any atom is -0.309 e. The van der Waals surface area contributed by atoms with E-state index < -0.39 is 0 Å². The molecular weight excluding hydrogens is 440 g/mol. The SMILES string of the molecule is Cc1sc2nc(CSC(C)C(=O)NN(c3ccccc3)c3ccccc3)[nH]c(=O)c2c1C. The van der Waals surface area contributed by atoms with Crippen LogP contribution in [0.3, 0.4) is 0 Å². The summed E-state index contributed by atoms with van der Waals surface area (Å²) >= 11 is 2.96. The number of nitrogens with zero attached hydrogens (tertiary/aromatic N) is 2. The van der Waals surface area contributed by atoms with E-state index in [2.05, 4.69) is 15.4 Å². The number of benzene rings is 2. The molecule has 1 atom stereocenters. The highest BCUT2D eigenvalue weighted by molar-refractivity contribution is 7.99. The molecule has 2 N–H and O–H groups in total. The number of carbonyl (C=O) groups is 1. The normalized spacial score (nSPS) is 12.0. The van der Waals surface area contributed by atoms with Gasteiger partial charge in [-0.2, -0.15) is 0 Å². The Labute approximate surface area is 194 Å². The number of H-pyrrole nitrogens is 1. The van der Waals surface area contributed by atoms with Crippen LogP contribution in [-0.2, 0) is 10.5 Å². The molecule has 0 aliphatic carbocycles. The Morgan fingerprint density at radius 3 is 2.28 bits per heavy atom. The maximum atomic E-state index is 13.0. The first-order valence-electron chi connectivity index (χ1n) is 10.2. The first kappa shape index (κ1) is 22.1. The lowest BCUT2D eigenvalue weighted by atomic mass is 10.2. The standard InChI is InChI=1S/C24H24N4O2S2/c1-15-16(2)32-24-21(15)23(30)25-20(26-24)14-31-17(3)22(29)27-28(18-10-6-4-7-11-18)19-12-8-5-9-13-19/h4-13,17H,14H2,1-3H3,(H,27,29)(H,25,26,30). The lowest BCUT2D eigenvalue weighted by Crippen LogP contribution is -2.42. The van der Waals surface area contributed by atoms with E-state index in [0.717, 1.165) is 26.6 Å². The first-order valence-corrected chi connectivity index (χ1v) is 12.1. The average molecular weight is 465 g/mol. The first-order chi connectivity index (χ1) is 15.4. The Bertz CT molecular complexity index is 1250. The number of aryl methyl sites for hydroxylation is 2. The fourth-order valence-corrected chi connectivity index (χ4v) is 5.08. The van der Waals surface area contributed by atoms with E-state index >= 15 is 0 Å². The van der Waals surface area contributed by atoms with Crippen LogP contribution in [0.15, 0.2) is 65.5 Å². The number of rotatable bonds is 7. The fraction of sp³-hybridized carbons (Fsp3) is 0.208. The molecule has 0 aliphatic heterocycles. The molecule has 6 nitrogen and oxygen atoms in total. The summed E-state index contributed by atoms with van der Waals surface area (Å²) in [6, 6.07) is 19.4. The fourth-order valence-electron chi connectivity index (χ4n) is 3.28. The number of hydrogen-bond donors (Lipinski definition) is 2. The zero-order valence-corrected chi connectivity index (χ0v) is 19.7. The average Bonchev–Trinajstić information content (AvgIpc) is 3.10. The summed E-state index contributed by atoms with van der Waals surface area (Å²) in [6.07, 6.45) is 0. The molecule has 1 amide bonds. The van der Waals surface area contributed by atoms with Gasteiger partial charge in [0.05, 0.1) is 27.8 Å². The van der Waals surface area contributed by atoms with Crippen molar-refractivity contribution < 1.29 is 4.79 Å². The summed E-state index contributed by atoms with van der Waals surface area (Å²) in [5.74, 6) is 0.886. The number of para-hydroxylation sites is 2. The maximum Gasteiger partial charge on any atom is 0.259 e. The molecule has 0 saturated heterocycles. The second-order valence-corrected chi connectivity index (χ2v) is 9.94. The Morgan fingerprint density at radius 2 is 1.69 bits per heavy atom. The second-order valence-electron chi connectivity index (χ2n) is 7.41. The monoisotopic (exact) mass is 464 g/mol. The lowest BCUT2D eigenvalue weighted by molar-refractivity contribution is -0.120. The molecule has 4 aromatic rings.